The lowest BCUT2D eigenvalue weighted by atomic mass is 10.2. The van der Waals surface area contributed by atoms with E-state index in [1.165, 1.54) is 26.5 Å². The number of ether oxygens (including phenoxy) is 3. The molecule has 3 aromatic rings. The van der Waals surface area contributed by atoms with Gasteiger partial charge in [-0.2, -0.15) is 5.10 Å². The van der Waals surface area contributed by atoms with Crippen molar-refractivity contribution in [3.63, 3.8) is 0 Å². The second-order valence-electron chi connectivity index (χ2n) is 6.69. The molecule has 0 saturated carbocycles. The Morgan fingerprint density at radius 1 is 0.882 bits per heavy atom. The van der Waals surface area contributed by atoms with Crippen molar-refractivity contribution in [1.82, 2.24) is 5.43 Å². The van der Waals surface area contributed by atoms with Gasteiger partial charge in [-0.1, -0.05) is 17.7 Å². The molecule has 10 heteroatoms. The summed E-state index contributed by atoms with van der Waals surface area (Å²) in [6.07, 6.45) is 1.34. The number of hydrogen-bond donors (Lipinski definition) is 2. The lowest BCUT2D eigenvalue weighted by molar-refractivity contribution is -0.136. The zero-order chi connectivity index (χ0) is 24.5. The Kier molecular flexibility index (Phi) is 8.20. The summed E-state index contributed by atoms with van der Waals surface area (Å²) in [5, 5.41) is 6.64. The van der Waals surface area contributed by atoms with Gasteiger partial charge in [0.05, 0.1) is 31.7 Å². The van der Waals surface area contributed by atoms with Crippen LogP contribution in [0.2, 0.25) is 5.02 Å². The van der Waals surface area contributed by atoms with E-state index in [1.807, 2.05) is 0 Å². The molecule has 174 valence electrons. The molecule has 34 heavy (non-hydrogen) atoms. The van der Waals surface area contributed by atoms with E-state index in [0.717, 1.165) is 0 Å². The molecule has 9 nitrogen and oxygen atoms in total. The first kappa shape index (κ1) is 24.3. The maximum absolute atomic E-state index is 12.2. The topological polar surface area (TPSA) is 115 Å². The second kappa shape index (κ2) is 11.5. The van der Waals surface area contributed by atoms with Crippen molar-refractivity contribution >= 4 is 41.3 Å². The summed E-state index contributed by atoms with van der Waals surface area (Å²) in [5.41, 5.74) is 3.36. The Bertz CT molecular complexity index is 1230. The molecular formula is C24H20ClN3O6. The number of nitrogens with zero attached hydrogens (tertiary/aromatic N) is 1. The first-order chi connectivity index (χ1) is 16.4. The Labute approximate surface area is 200 Å². The number of nitrogens with one attached hydrogen (secondary N) is 2. The molecule has 0 bridgehead atoms. The van der Waals surface area contributed by atoms with Gasteiger partial charge in [0, 0.05) is 11.1 Å². The van der Waals surface area contributed by atoms with E-state index >= 15 is 0 Å². The van der Waals surface area contributed by atoms with Crippen LogP contribution in [0.1, 0.15) is 15.9 Å². The molecule has 0 spiro atoms. The number of rotatable bonds is 7. The van der Waals surface area contributed by atoms with Gasteiger partial charge in [-0.25, -0.2) is 10.2 Å². The molecule has 0 aliphatic heterocycles. The van der Waals surface area contributed by atoms with Crippen LogP contribution in [-0.4, -0.2) is 38.2 Å². The summed E-state index contributed by atoms with van der Waals surface area (Å²) < 4.78 is 15.6. The molecule has 0 heterocycles. The van der Waals surface area contributed by atoms with Gasteiger partial charge in [-0.05, 0) is 60.2 Å². The Morgan fingerprint density at radius 2 is 1.62 bits per heavy atom. The summed E-state index contributed by atoms with van der Waals surface area (Å²) in [7, 11) is 2.93. The number of anilines is 1. The van der Waals surface area contributed by atoms with Crippen LogP contribution in [0.5, 0.6) is 17.2 Å². The Hall–Kier alpha value is -4.37. The summed E-state index contributed by atoms with van der Waals surface area (Å²) in [4.78, 5) is 36.3. The van der Waals surface area contributed by atoms with Gasteiger partial charge in [0.15, 0.2) is 0 Å². The van der Waals surface area contributed by atoms with Crippen LogP contribution >= 0.6 is 11.6 Å². The Morgan fingerprint density at radius 3 is 2.29 bits per heavy atom. The molecule has 0 aliphatic rings. The average Bonchev–Trinajstić information content (AvgIpc) is 2.85. The molecular weight excluding hydrogens is 462 g/mol. The number of halogens is 1. The van der Waals surface area contributed by atoms with E-state index in [9.17, 15) is 14.4 Å². The zero-order valence-electron chi connectivity index (χ0n) is 18.2. The number of hydrazone groups is 1. The predicted octanol–water partition coefficient (Wildman–Crippen LogP) is 3.67. The number of hydrogen-bond acceptors (Lipinski definition) is 7. The molecule has 0 aromatic heterocycles. The highest BCUT2D eigenvalue weighted by Crippen LogP contribution is 2.28. The summed E-state index contributed by atoms with van der Waals surface area (Å²) >= 11 is 5.88. The van der Waals surface area contributed by atoms with E-state index in [-0.39, 0.29) is 0 Å². The van der Waals surface area contributed by atoms with E-state index in [2.05, 4.69) is 15.8 Å². The van der Waals surface area contributed by atoms with E-state index in [1.54, 1.807) is 60.7 Å². The highest BCUT2D eigenvalue weighted by Gasteiger charge is 2.16. The van der Waals surface area contributed by atoms with Crippen LogP contribution in [-0.2, 0) is 9.59 Å². The molecule has 0 aliphatic carbocycles. The smallest absolute Gasteiger partial charge is 0.343 e. The zero-order valence-corrected chi connectivity index (χ0v) is 19.0. The van der Waals surface area contributed by atoms with Crippen LogP contribution in [0.15, 0.2) is 71.8 Å². The van der Waals surface area contributed by atoms with Crippen molar-refractivity contribution in [2.45, 2.75) is 0 Å². The highest BCUT2D eigenvalue weighted by molar-refractivity contribution is 6.39. The fourth-order valence-electron chi connectivity index (χ4n) is 2.70. The van der Waals surface area contributed by atoms with Crippen LogP contribution < -0.4 is 25.0 Å². The summed E-state index contributed by atoms with van der Waals surface area (Å²) in [6, 6.07) is 17.5. The monoisotopic (exact) mass is 481 g/mol. The van der Waals surface area contributed by atoms with Gasteiger partial charge in [0.2, 0.25) is 0 Å². The van der Waals surface area contributed by atoms with Gasteiger partial charge in [-0.15, -0.1) is 0 Å². The van der Waals surface area contributed by atoms with Gasteiger partial charge >= 0.3 is 17.8 Å². The summed E-state index contributed by atoms with van der Waals surface area (Å²) in [5.74, 6) is -1.26. The SMILES string of the molecule is COc1ccc(NC(=O)C(=O)NN=Cc2ccc(OC(=O)c3cccc(Cl)c3)cc2)c(OC)c1. The van der Waals surface area contributed by atoms with Crippen molar-refractivity contribution in [1.29, 1.82) is 0 Å². The molecule has 2 N–H and O–H groups in total. The van der Waals surface area contributed by atoms with Crippen LogP contribution in [0, 0.1) is 0 Å². The standard InChI is InChI=1S/C24H20ClN3O6/c1-32-19-10-11-20(21(13-19)33-2)27-22(29)23(30)28-26-14-15-6-8-18(9-7-15)34-24(31)16-4-3-5-17(25)12-16/h3-14H,1-2H3,(H,27,29)(H,28,30). The van der Waals surface area contributed by atoms with E-state index in [0.29, 0.717) is 39.1 Å². The van der Waals surface area contributed by atoms with Crippen LogP contribution in [0.25, 0.3) is 0 Å². The number of carbonyl (C=O) groups excluding carboxylic acids is 3. The van der Waals surface area contributed by atoms with Crippen LogP contribution in [0.3, 0.4) is 0 Å². The second-order valence-corrected chi connectivity index (χ2v) is 7.12. The first-order valence-corrected chi connectivity index (χ1v) is 10.2. The number of carbonyl (C=O) groups is 3. The predicted molar refractivity (Wildman–Crippen MR) is 127 cm³/mol. The number of amides is 2. The maximum atomic E-state index is 12.2. The molecule has 0 saturated heterocycles. The third-order valence-electron chi connectivity index (χ3n) is 4.39. The van der Waals surface area contributed by atoms with E-state index < -0.39 is 17.8 Å². The number of benzene rings is 3. The molecule has 0 unspecified atom stereocenters. The largest absolute Gasteiger partial charge is 0.497 e. The van der Waals surface area contributed by atoms with Crippen molar-refractivity contribution < 1.29 is 28.6 Å². The van der Waals surface area contributed by atoms with Gasteiger partial charge in [0.1, 0.15) is 17.2 Å². The molecule has 0 fully saturated rings. The van der Waals surface area contributed by atoms with Crippen molar-refractivity contribution in [3.8, 4) is 17.2 Å². The number of esters is 1. The molecule has 3 rings (SSSR count). The van der Waals surface area contributed by atoms with Gasteiger partial charge in [-0.3, -0.25) is 9.59 Å². The van der Waals surface area contributed by atoms with Crippen molar-refractivity contribution in [3.05, 3.63) is 82.9 Å². The normalized spacial score (nSPS) is 10.4. The molecule has 2 amide bonds. The minimum atomic E-state index is -0.971. The lowest BCUT2D eigenvalue weighted by Crippen LogP contribution is -2.32. The average molecular weight is 482 g/mol. The third-order valence-corrected chi connectivity index (χ3v) is 4.63. The minimum absolute atomic E-state index is 0.301. The molecule has 0 atom stereocenters. The third kappa shape index (κ3) is 6.57. The molecule has 0 radical (unpaired) electrons. The molecule has 3 aromatic carbocycles. The maximum Gasteiger partial charge on any atom is 0.343 e. The first-order valence-electron chi connectivity index (χ1n) is 9.84. The Balaban J connectivity index is 1.53. The number of methoxy groups -OCH3 is 2. The fraction of sp³-hybridized carbons (Fsp3) is 0.0833. The van der Waals surface area contributed by atoms with Gasteiger partial charge < -0.3 is 19.5 Å². The van der Waals surface area contributed by atoms with Gasteiger partial charge in [0.25, 0.3) is 0 Å². The van der Waals surface area contributed by atoms with Crippen LogP contribution in [0.4, 0.5) is 5.69 Å². The quantitative estimate of drug-likeness (QED) is 0.175. The lowest BCUT2D eigenvalue weighted by Gasteiger charge is -2.10. The minimum Gasteiger partial charge on any atom is -0.497 e. The van der Waals surface area contributed by atoms with Crippen molar-refractivity contribution in [2.24, 2.45) is 5.10 Å². The fourth-order valence-corrected chi connectivity index (χ4v) is 2.89. The summed E-state index contributed by atoms with van der Waals surface area (Å²) in [6.45, 7) is 0. The highest BCUT2D eigenvalue weighted by atomic mass is 35.5. The van der Waals surface area contributed by atoms with E-state index in [4.69, 9.17) is 25.8 Å². The van der Waals surface area contributed by atoms with Crippen molar-refractivity contribution in [2.75, 3.05) is 19.5 Å².